The van der Waals surface area contributed by atoms with Crippen molar-refractivity contribution in [1.29, 1.82) is 0 Å². The molecule has 1 saturated carbocycles. The normalized spacial score (nSPS) is 23.3. The first-order valence-electron chi connectivity index (χ1n) is 7.68. The summed E-state index contributed by atoms with van der Waals surface area (Å²) < 4.78 is 28.5. The Labute approximate surface area is 126 Å². The van der Waals surface area contributed by atoms with Gasteiger partial charge in [-0.25, -0.2) is 13.1 Å². The number of nitrogens with one attached hydrogen (secondary N) is 1. The monoisotopic (exact) mass is 315 g/mol. The van der Waals surface area contributed by atoms with Gasteiger partial charge in [-0.15, -0.1) is 0 Å². The van der Waals surface area contributed by atoms with Crippen LogP contribution in [0.15, 0.2) is 17.3 Å². The van der Waals surface area contributed by atoms with Crippen molar-refractivity contribution in [3.8, 4) is 0 Å². The van der Waals surface area contributed by atoms with E-state index >= 15 is 0 Å². The lowest BCUT2D eigenvalue weighted by atomic mass is 9.81. The maximum atomic E-state index is 12.2. The first kappa shape index (κ1) is 16.5. The van der Waals surface area contributed by atoms with E-state index in [0.717, 1.165) is 18.8 Å². The summed E-state index contributed by atoms with van der Waals surface area (Å²) in [6.07, 6.45) is 8.62. The van der Waals surface area contributed by atoms with Gasteiger partial charge in [0.25, 0.3) is 0 Å². The third-order valence-corrected chi connectivity index (χ3v) is 5.73. The number of nitrogens with zero attached hydrogens (tertiary/aromatic N) is 2. The molecule has 6 nitrogen and oxygen atoms in total. The Morgan fingerprint density at radius 2 is 2.00 bits per heavy atom. The molecule has 1 fully saturated rings. The molecular formula is C14H25N3O3S. The van der Waals surface area contributed by atoms with Crippen LogP contribution in [0.3, 0.4) is 0 Å². The molecule has 1 aromatic heterocycles. The summed E-state index contributed by atoms with van der Waals surface area (Å²) in [7, 11) is -3.49. The van der Waals surface area contributed by atoms with E-state index in [1.165, 1.54) is 36.3 Å². The van der Waals surface area contributed by atoms with E-state index in [9.17, 15) is 8.42 Å². The molecule has 1 aromatic rings. The summed E-state index contributed by atoms with van der Waals surface area (Å²) in [6.45, 7) is 2.97. The van der Waals surface area contributed by atoms with E-state index in [4.69, 9.17) is 5.11 Å². The minimum absolute atomic E-state index is 0.0603. The smallest absolute Gasteiger partial charge is 0.243 e. The molecule has 1 heterocycles. The van der Waals surface area contributed by atoms with Crippen molar-refractivity contribution < 1.29 is 13.5 Å². The van der Waals surface area contributed by atoms with Crippen molar-refractivity contribution in [3.63, 3.8) is 0 Å². The number of rotatable bonds is 7. The van der Waals surface area contributed by atoms with Crippen molar-refractivity contribution in [2.24, 2.45) is 11.8 Å². The van der Waals surface area contributed by atoms with Gasteiger partial charge in [0, 0.05) is 12.7 Å². The van der Waals surface area contributed by atoms with E-state index in [1.807, 2.05) is 0 Å². The van der Waals surface area contributed by atoms with Gasteiger partial charge in [-0.2, -0.15) is 5.10 Å². The van der Waals surface area contributed by atoms with Crippen molar-refractivity contribution in [2.45, 2.75) is 50.5 Å². The molecule has 2 rings (SSSR count). The Balaban J connectivity index is 1.86. The fourth-order valence-corrected chi connectivity index (χ4v) is 3.93. The van der Waals surface area contributed by atoms with Crippen molar-refractivity contribution >= 4 is 10.0 Å². The number of aliphatic hydroxyl groups is 1. The molecule has 0 atom stereocenters. The molecule has 1 aliphatic carbocycles. The van der Waals surface area contributed by atoms with Gasteiger partial charge in [0.2, 0.25) is 10.0 Å². The quantitative estimate of drug-likeness (QED) is 0.796. The third-order valence-electron chi connectivity index (χ3n) is 4.35. The Morgan fingerprint density at radius 1 is 1.33 bits per heavy atom. The van der Waals surface area contributed by atoms with Crippen LogP contribution in [-0.2, 0) is 16.6 Å². The van der Waals surface area contributed by atoms with E-state index in [0.29, 0.717) is 19.0 Å². The first-order valence-corrected chi connectivity index (χ1v) is 9.16. The molecule has 7 heteroatoms. The number of hydrogen-bond donors (Lipinski definition) is 2. The van der Waals surface area contributed by atoms with Gasteiger partial charge in [-0.05, 0) is 24.7 Å². The average molecular weight is 315 g/mol. The van der Waals surface area contributed by atoms with Crippen LogP contribution in [0.5, 0.6) is 0 Å². The second kappa shape index (κ2) is 7.38. The summed E-state index contributed by atoms with van der Waals surface area (Å²) in [5.41, 5.74) is 0. The lowest BCUT2D eigenvalue weighted by Gasteiger charge is -2.27. The van der Waals surface area contributed by atoms with Gasteiger partial charge < -0.3 is 5.11 Å². The summed E-state index contributed by atoms with van der Waals surface area (Å²) in [5, 5.41) is 12.7. The summed E-state index contributed by atoms with van der Waals surface area (Å²) >= 11 is 0. The average Bonchev–Trinajstić information content (AvgIpc) is 2.96. The standard InChI is InChI=1S/C14H25N3O3S/c1-2-12-3-5-13(6-4-12)9-16-21(19,20)14-10-15-17(11-14)7-8-18/h10-13,16,18H,2-9H2,1H3. The molecule has 0 aromatic carbocycles. The molecule has 1 aliphatic rings. The fraction of sp³-hybridized carbons (Fsp3) is 0.786. The molecule has 0 spiro atoms. The zero-order valence-electron chi connectivity index (χ0n) is 12.5. The largest absolute Gasteiger partial charge is 0.394 e. The SMILES string of the molecule is CCC1CCC(CNS(=O)(=O)c2cnn(CCO)c2)CC1. The maximum absolute atomic E-state index is 12.2. The van der Waals surface area contributed by atoms with Crippen LogP contribution >= 0.6 is 0 Å². The number of aliphatic hydroxyl groups excluding tert-OH is 1. The highest BCUT2D eigenvalue weighted by atomic mass is 32.2. The molecule has 0 radical (unpaired) electrons. The Bertz CT molecular complexity index is 533. The van der Waals surface area contributed by atoms with Gasteiger partial charge >= 0.3 is 0 Å². The molecule has 0 aliphatic heterocycles. The van der Waals surface area contributed by atoms with E-state index in [1.54, 1.807) is 0 Å². The highest BCUT2D eigenvalue weighted by Crippen LogP contribution is 2.30. The predicted octanol–water partition coefficient (Wildman–Crippen LogP) is 1.37. The van der Waals surface area contributed by atoms with E-state index < -0.39 is 10.0 Å². The fourth-order valence-electron chi connectivity index (χ4n) is 2.86. The first-order chi connectivity index (χ1) is 10.0. The van der Waals surface area contributed by atoms with E-state index in [-0.39, 0.29) is 11.5 Å². The highest BCUT2D eigenvalue weighted by molar-refractivity contribution is 7.89. The summed E-state index contributed by atoms with van der Waals surface area (Å²) in [5.74, 6) is 1.25. The van der Waals surface area contributed by atoms with Gasteiger partial charge in [-0.3, -0.25) is 4.68 Å². The Morgan fingerprint density at radius 3 is 2.62 bits per heavy atom. The molecule has 0 bridgehead atoms. The molecule has 0 saturated heterocycles. The van der Waals surface area contributed by atoms with Crippen LogP contribution in [0.1, 0.15) is 39.0 Å². The second-order valence-corrected chi connectivity index (χ2v) is 7.58. The van der Waals surface area contributed by atoms with Gasteiger partial charge in [-0.1, -0.05) is 26.2 Å². The zero-order valence-corrected chi connectivity index (χ0v) is 13.3. The van der Waals surface area contributed by atoms with Gasteiger partial charge in [0.1, 0.15) is 4.90 Å². The number of aromatic nitrogens is 2. The number of sulfonamides is 1. The molecule has 2 N–H and O–H groups in total. The molecular weight excluding hydrogens is 290 g/mol. The molecule has 0 unspecified atom stereocenters. The van der Waals surface area contributed by atoms with Crippen LogP contribution in [0, 0.1) is 11.8 Å². The lowest BCUT2D eigenvalue weighted by Crippen LogP contribution is -2.31. The van der Waals surface area contributed by atoms with Crippen molar-refractivity contribution in [3.05, 3.63) is 12.4 Å². The third kappa shape index (κ3) is 4.52. The predicted molar refractivity (Wildman–Crippen MR) is 80.2 cm³/mol. The highest BCUT2D eigenvalue weighted by Gasteiger charge is 2.23. The molecule has 120 valence electrons. The summed E-state index contributed by atoms with van der Waals surface area (Å²) in [4.78, 5) is 0.165. The van der Waals surface area contributed by atoms with Crippen molar-refractivity contribution in [2.75, 3.05) is 13.2 Å². The van der Waals surface area contributed by atoms with Crippen LogP contribution in [0.2, 0.25) is 0 Å². The molecule has 21 heavy (non-hydrogen) atoms. The van der Waals surface area contributed by atoms with Crippen LogP contribution < -0.4 is 4.72 Å². The lowest BCUT2D eigenvalue weighted by molar-refractivity contribution is 0.269. The van der Waals surface area contributed by atoms with Crippen LogP contribution in [0.4, 0.5) is 0 Å². The topological polar surface area (TPSA) is 84.2 Å². The maximum Gasteiger partial charge on any atom is 0.243 e. The Kier molecular flexibility index (Phi) is 5.78. The summed E-state index contributed by atoms with van der Waals surface area (Å²) in [6, 6.07) is 0. The van der Waals surface area contributed by atoms with Gasteiger partial charge in [0.05, 0.1) is 19.3 Å². The Hall–Kier alpha value is -0.920. The minimum atomic E-state index is -3.49. The van der Waals surface area contributed by atoms with E-state index in [2.05, 4.69) is 16.7 Å². The van der Waals surface area contributed by atoms with Crippen LogP contribution in [0.25, 0.3) is 0 Å². The van der Waals surface area contributed by atoms with Gasteiger partial charge in [0.15, 0.2) is 0 Å². The molecule has 0 amide bonds. The minimum Gasteiger partial charge on any atom is -0.394 e. The zero-order chi connectivity index (χ0) is 15.3. The number of hydrogen-bond acceptors (Lipinski definition) is 4. The van der Waals surface area contributed by atoms with Crippen LogP contribution in [-0.4, -0.2) is 36.5 Å². The second-order valence-electron chi connectivity index (χ2n) is 5.81. The van der Waals surface area contributed by atoms with Crippen molar-refractivity contribution in [1.82, 2.24) is 14.5 Å².